The van der Waals surface area contributed by atoms with Crippen molar-refractivity contribution in [3.63, 3.8) is 0 Å². The van der Waals surface area contributed by atoms with Crippen LogP contribution in [0.3, 0.4) is 0 Å². The van der Waals surface area contributed by atoms with E-state index in [0.717, 1.165) is 0 Å². The number of aliphatic hydroxyl groups excluding tert-OH is 1. The highest BCUT2D eigenvalue weighted by Crippen LogP contribution is 1.80. The van der Waals surface area contributed by atoms with Crippen LogP contribution in [0.5, 0.6) is 0 Å². The Labute approximate surface area is 63.3 Å². The van der Waals surface area contributed by atoms with E-state index in [1.54, 1.807) is 0 Å². The van der Waals surface area contributed by atoms with Gasteiger partial charge in [0.2, 0.25) is 0 Å². The molecule has 0 aliphatic rings. The minimum Gasteiger partial charge on any atom is -0.365 e. The zero-order chi connectivity index (χ0) is 6.57. The van der Waals surface area contributed by atoms with Crippen molar-refractivity contribution in [2.45, 2.75) is 26.2 Å². The molecule has 1 atom stereocenters. The topological polar surface area (TPSA) is 44.3 Å². The molecule has 0 spiro atoms. The number of rotatable bonds is 3. The highest BCUT2D eigenvalue weighted by atomic mass is 127. The third-order valence-electron chi connectivity index (χ3n) is 0.595. The summed E-state index contributed by atoms with van der Waals surface area (Å²) in [4.78, 5) is 0. The minimum absolute atomic E-state index is 0.312. The fourth-order valence-electron chi connectivity index (χ4n) is 0.347. The van der Waals surface area contributed by atoms with Gasteiger partial charge in [0, 0.05) is 28.9 Å². The zero-order valence-corrected chi connectivity index (χ0v) is 7.14. The number of aliphatic hydroxyl groups is 1. The molecular formula is C4H11IN2O. The van der Waals surface area contributed by atoms with Crippen molar-refractivity contribution in [1.82, 2.24) is 8.85 Å². The summed E-state index contributed by atoms with van der Waals surface area (Å²) in [6, 6.07) is 0.312. The molecular weight excluding hydrogens is 219 g/mol. The molecule has 0 aromatic heterocycles. The lowest BCUT2D eigenvalue weighted by molar-refractivity contribution is 0.125. The number of hydrogen-bond acceptors (Lipinski definition) is 3. The number of hydrogen-bond donors (Lipinski definition) is 3. The Balaban J connectivity index is 3.10. The molecule has 0 saturated carbocycles. The molecule has 0 saturated heterocycles. The maximum absolute atomic E-state index is 8.80. The average Bonchev–Trinajstić information content (AvgIpc) is 1.65. The van der Waals surface area contributed by atoms with E-state index in [9.17, 15) is 0 Å². The molecule has 0 aromatic carbocycles. The highest BCUT2D eigenvalue weighted by Gasteiger charge is 1.99. The van der Waals surface area contributed by atoms with Crippen molar-refractivity contribution in [3.05, 3.63) is 0 Å². The lowest BCUT2D eigenvalue weighted by Crippen LogP contribution is -2.40. The number of halogens is 1. The van der Waals surface area contributed by atoms with Crippen LogP contribution in [0, 0.1) is 0 Å². The van der Waals surface area contributed by atoms with Crippen LogP contribution in [0.2, 0.25) is 0 Å². The molecule has 1 unspecified atom stereocenters. The fourth-order valence-corrected chi connectivity index (χ4v) is 0.527. The monoisotopic (exact) mass is 230 g/mol. The summed E-state index contributed by atoms with van der Waals surface area (Å²) >= 11 is 1.88. The van der Waals surface area contributed by atoms with Crippen LogP contribution in [-0.2, 0) is 0 Å². The van der Waals surface area contributed by atoms with Crippen LogP contribution < -0.4 is 8.85 Å². The number of nitrogens with one attached hydrogen (secondary N) is 2. The van der Waals surface area contributed by atoms with Crippen molar-refractivity contribution in [3.8, 4) is 0 Å². The standard InChI is InChI=1S/C4H11IN2O/c1-3(2)6-4(8)7-5/h3-4,6-8H,1-2H3. The summed E-state index contributed by atoms with van der Waals surface area (Å²) in [5.74, 6) is 0. The molecule has 8 heavy (non-hydrogen) atoms. The Morgan fingerprint density at radius 2 is 2.00 bits per heavy atom. The fraction of sp³-hybridized carbons (Fsp3) is 1.00. The van der Waals surface area contributed by atoms with Gasteiger partial charge in [-0.25, -0.2) is 3.53 Å². The average molecular weight is 230 g/mol. The van der Waals surface area contributed by atoms with Crippen LogP contribution >= 0.6 is 22.9 Å². The lowest BCUT2D eigenvalue weighted by Gasteiger charge is -2.12. The zero-order valence-electron chi connectivity index (χ0n) is 4.98. The largest absolute Gasteiger partial charge is 0.365 e. The normalized spacial score (nSPS) is 14.6. The molecule has 0 fully saturated rings. The molecule has 0 amide bonds. The van der Waals surface area contributed by atoms with Crippen LogP contribution in [0.4, 0.5) is 0 Å². The Kier molecular flexibility index (Phi) is 4.83. The molecule has 0 heterocycles. The van der Waals surface area contributed by atoms with E-state index in [-0.39, 0.29) is 0 Å². The van der Waals surface area contributed by atoms with E-state index in [0.29, 0.717) is 6.04 Å². The van der Waals surface area contributed by atoms with E-state index in [1.165, 1.54) is 0 Å². The molecule has 0 rings (SSSR count). The van der Waals surface area contributed by atoms with Gasteiger partial charge in [0.05, 0.1) is 0 Å². The van der Waals surface area contributed by atoms with Crippen molar-refractivity contribution in [2.75, 3.05) is 0 Å². The Hall–Kier alpha value is 0.610. The van der Waals surface area contributed by atoms with E-state index >= 15 is 0 Å². The van der Waals surface area contributed by atoms with Crippen molar-refractivity contribution in [1.29, 1.82) is 0 Å². The third kappa shape index (κ3) is 4.76. The van der Waals surface area contributed by atoms with Crippen molar-refractivity contribution < 1.29 is 5.11 Å². The highest BCUT2D eigenvalue weighted by molar-refractivity contribution is 14.1. The van der Waals surface area contributed by atoms with E-state index in [2.05, 4.69) is 8.85 Å². The molecule has 0 aromatic rings. The van der Waals surface area contributed by atoms with Gasteiger partial charge in [0.25, 0.3) is 0 Å². The first kappa shape index (κ1) is 8.61. The second-order valence-corrected chi connectivity index (χ2v) is 2.46. The van der Waals surface area contributed by atoms with Gasteiger partial charge in [-0.05, 0) is 13.8 Å². The van der Waals surface area contributed by atoms with Crippen LogP contribution in [0.15, 0.2) is 0 Å². The Morgan fingerprint density at radius 1 is 1.50 bits per heavy atom. The first-order chi connectivity index (χ1) is 3.66. The molecule has 4 heteroatoms. The lowest BCUT2D eigenvalue weighted by atomic mass is 10.4. The summed E-state index contributed by atoms with van der Waals surface area (Å²) in [5, 5.41) is 11.6. The minimum atomic E-state index is -0.587. The van der Waals surface area contributed by atoms with Gasteiger partial charge in [-0.1, -0.05) is 0 Å². The smallest absolute Gasteiger partial charge is 0.169 e. The maximum Gasteiger partial charge on any atom is 0.169 e. The van der Waals surface area contributed by atoms with E-state index < -0.39 is 6.35 Å². The van der Waals surface area contributed by atoms with Gasteiger partial charge in [-0.2, -0.15) is 0 Å². The van der Waals surface area contributed by atoms with Crippen LogP contribution in [-0.4, -0.2) is 17.5 Å². The summed E-state index contributed by atoms with van der Waals surface area (Å²) in [6.07, 6.45) is -0.587. The summed E-state index contributed by atoms with van der Waals surface area (Å²) in [7, 11) is 0. The van der Waals surface area contributed by atoms with Gasteiger partial charge in [-0.3, -0.25) is 5.32 Å². The van der Waals surface area contributed by atoms with Gasteiger partial charge >= 0.3 is 0 Å². The summed E-state index contributed by atoms with van der Waals surface area (Å²) in [5.41, 5.74) is 0. The van der Waals surface area contributed by atoms with Crippen molar-refractivity contribution in [2.24, 2.45) is 0 Å². The summed E-state index contributed by atoms with van der Waals surface area (Å²) in [6.45, 7) is 3.94. The van der Waals surface area contributed by atoms with Crippen LogP contribution in [0.25, 0.3) is 0 Å². The quantitative estimate of drug-likeness (QED) is 0.368. The Bertz CT molecular complexity index is 60.0. The first-order valence-corrected chi connectivity index (χ1v) is 3.55. The van der Waals surface area contributed by atoms with Gasteiger partial charge in [0.1, 0.15) is 0 Å². The van der Waals surface area contributed by atoms with Gasteiger partial charge < -0.3 is 5.11 Å². The molecule has 3 nitrogen and oxygen atoms in total. The molecule has 50 valence electrons. The van der Waals surface area contributed by atoms with Crippen molar-refractivity contribution >= 4 is 22.9 Å². The predicted octanol–water partition coefficient (Wildman–Crippen LogP) is 0.200. The molecule has 0 radical (unpaired) electrons. The third-order valence-corrected chi connectivity index (χ3v) is 1.18. The first-order valence-electron chi connectivity index (χ1n) is 2.47. The molecule has 3 N–H and O–H groups in total. The van der Waals surface area contributed by atoms with Gasteiger partial charge in [0.15, 0.2) is 6.35 Å². The SMILES string of the molecule is CC(C)NC(O)NI. The van der Waals surface area contributed by atoms with Crippen LogP contribution in [0.1, 0.15) is 13.8 Å². The predicted molar refractivity (Wildman–Crippen MR) is 41.4 cm³/mol. The second-order valence-electron chi connectivity index (χ2n) is 1.83. The van der Waals surface area contributed by atoms with E-state index in [4.69, 9.17) is 5.11 Å². The van der Waals surface area contributed by atoms with E-state index in [1.807, 2.05) is 36.7 Å². The summed E-state index contributed by atoms with van der Waals surface area (Å²) < 4.78 is 2.61. The Morgan fingerprint density at radius 3 is 2.12 bits per heavy atom. The van der Waals surface area contributed by atoms with Gasteiger partial charge in [-0.15, -0.1) is 0 Å². The second kappa shape index (κ2) is 4.49. The molecule has 0 aliphatic carbocycles. The molecule has 0 bridgehead atoms. The molecule has 0 aliphatic heterocycles. The maximum atomic E-state index is 8.80.